The second-order valence-electron chi connectivity index (χ2n) is 4.61. The molecule has 1 fully saturated rings. The zero-order valence-electron chi connectivity index (χ0n) is 10.8. The molecule has 3 unspecified atom stereocenters. The van der Waals surface area contributed by atoms with Crippen LogP contribution in [0.4, 0.5) is 0 Å². The van der Waals surface area contributed by atoms with Crippen molar-refractivity contribution in [3.8, 4) is 0 Å². The Morgan fingerprint density at radius 1 is 1.53 bits per heavy atom. The molecule has 1 amide bonds. The van der Waals surface area contributed by atoms with E-state index in [4.69, 9.17) is 15.2 Å². The molecule has 1 saturated carbocycles. The van der Waals surface area contributed by atoms with Gasteiger partial charge >= 0.3 is 0 Å². The van der Waals surface area contributed by atoms with Crippen LogP contribution in [0.15, 0.2) is 0 Å². The van der Waals surface area contributed by atoms with Crippen LogP contribution >= 0.6 is 0 Å². The maximum Gasteiger partial charge on any atom is 0.248 e. The summed E-state index contributed by atoms with van der Waals surface area (Å²) in [5.74, 6) is -0.0541. The molecule has 5 heteroatoms. The van der Waals surface area contributed by atoms with Gasteiger partial charge in [0.2, 0.25) is 5.91 Å². The Morgan fingerprint density at radius 2 is 2.29 bits per heavy atom. The summed E-state index contributed by atoms with van der Waals surface area (Å²) in [6.45, 7) is 3.08. The van der Waals surface area contributed by atoms with Crippen molar-refractivity contribution in [2.75, 3.05) is 20.3 Å². The van der Waals surface area contributed by atoms with Gasteiger partial charge in [-0.05, 0) is 32.6 Å². The van der Waals surface area contributed by atoms with Crippen LogP contribution in [0.3, 0.4) is 0 Å². The third-order valence-corrected chi connectivity index (χ3v) is 3.02. The average Bonchev–Trinajstić information content (AvgIpc) is 2.70. The number of methoxy groups -OCH3 is 1. The molecule has 1 rings (SSSR count). The third kappa shape index (κ3) is 5.48. The van der Waals surface area contributed by atoms with Gasteiger partial charge < -0.3 is 20.5 Å². The molecule has 5 nitrogen and oxygen atoms in total. The minimum absolute atomic E-state index is 0.0541. The molecule has 100 valence electrons. The molecule has 17 heavy (non-hydrogen) atoms. The Kier molecular flexibility index (Phi) is 6.47. The van der Waals surface area contributed by atoms with E-state index in [2.05, 4.69) is 5.32 Å². The first-order chi connectivity index (χ1) is 8.13. The van der Waals surface area contributed by atoms with Gasteiger partial charge in [-0.2, -0.15) is 0 Å². The molecule has 3 N–H and O–H groups in total. The van der Waals surface area contributed by atoms with Crippen LogP contribution in [-0.4, -0.2) is 44.4 Å². The smallest absolute Gasteiger partial charge is 0.248 e. The normalized spacial score (nSPS) is 25.8. The largest absolute Gasteiger partial charge is 0.385 e. The van der Waals surface area contributed by atoms with Gasteiger partial charge in [0.1, 0.15) is 6.10 Å². The maximum absolute atomic E-state index is 11.7. The fourth-order valence-electron chi connectivity index (χ4n) is 2.02. The van der Waals surface area contributed by atoms with Crippen molar-refractivity contribution < 1.29 is 14.3 Å². The second-order valence-corrected chi connectivity index (χ2v) is 4.61. The minimum atomic E-state index is -0.396. The predicted molar refractivity (Wildman–Crippen MR) is 65.7 cm³/mol. The van der Waals surface area contributed by atoms with Crippen molar-refractivity contribution in [1.82, 2.24) is 5.32 Å². The number of carbonyl (C=O) groups excluding carboxylic acids is 1. The third-order valence-electron chi connectivity index (χ3n) is 3.02. The van der Waals surface area contributed by atoms with E-state index in [1.165, 1.54) is 0 Å². The quantitative estimate of drug-likeness (QED) is 0.637. The lowest BCUT2D eigenvalue weighted by Gasteiger charge is -2.18. The number of hydrogen-bond donors (Lipinski definition) is 2. The standard InChI is InChI=1S/C12H24N2O3/c1-9(12(15)14-6-3-7-16-2)17-11-5-4-10(13)8-11/h9-11H,3-8,13H2,1-2H3,(H,14,15). The van der Waals surface area contributed by atoms with E-state index in [9.17, 15) is 4.79 Å². The summed E-state index contributed by atoms with van der Waals surface area (Å²) < 4.78 is 10.6. The molecule has 0 radical (unpaired) electrons. The lowest BCUT2D eigenvalue weighted by molar-refractivity contribution is -0.135. The van der Waals surface area contributed by atoms with Gasteiger partial charge in [-0.1, -0.05) is 0 Å². The summed E-state index contributed by atoms with van der Waals surface area (Å²) in [4.78, 5) is 11.7. The van der Waals surface area contributed by atoms with E-state index in [0.717, 1.165) is 25.7 Å². The second kappa shape index (κ2) is 7.63. The predicted octanol–water partition coefficient (Wildman–Crippen LogP) is 0.424. The molecular weight excluding hydrogens is 220 g/mol. The van der Waals surface area contributed by atoms with Crippen molar-refractivity contribution in [1.29, 1.82) is 0 Å². The van der Waals surface area contributed by atoms with Crippen LogP contribution in [0.1, 0.15) is 32.6 Å². The number of ether oxygens (including phenoxy) is 2. The first kappa shape index (κ1) is 14.4. The van der Waals surface area contributed by atoms with Crippen LogP contribution in [0.25, 0.3) is 0 Å². The molecule has 1 aliphatic rings. The van der Waals surface area contributed by atoms with Gasteiger partial charge in [-0.25, -0.2) is 0 Å². The van der Waals surface area contributed by atoms with Crippen molar-refractivity contribution in [3.05, 3.63) is 0 Å². The first-order valence-corrected chi connectivity index (χ1v) is 6.31. The number of amides is 1. The van der Waals surface area contributed by atoms with Crippen LogP contribution in [0.5, 0.6) is 0 Å². The van der Waals surface area contributed by atoms with E-state index in [1.54, 1.807) is 14.0 Å². The van der Waals surface area contributed by atoms with E-state index < -0.39 is 6.10 Å². The Labute approximate surface area is 103 Å². The fraction of sp³-hybridized carbons (Fsp3) is 0.917. The van der Waals surface area contributed by atoms with Crippen molar-refractivity contribution >= 4 is 5.91 Å². The highest BCUT2D eigenvalue weighted by Crippen LogP contribution is 2.21. The van der Waals surface area contributed by atoms with E-state index in [0.29, 0.717) is 13.2 Å². The van der Waals surface area contributed by atoms with Gasteiger partial charge in [0, 0.05) is 26.3 Å². The van der Waals surface area contributed by atoms with Gasteiger partial charge in [0.15, 0.2) is 0 Å². The summed E-state index contributed by atoms with van der Waals surface area (Å²) in [6.07, 6.45) is 3.39. The number of carbonyl (C=O) groups is 1. The first-order valence-electron chi connectivity index (χ1n) is 6.31. The molecule has 3 atom stereocenters. The zero-order valence-corrected chi connectivity index (χ0v) is 10.8. The summed E-state index contributed by atoms with van der Waals surface area (Å²) in [7, 11) is 1.65. The molecule has 0 bridgehead atoms. The molecule has 0 aromatic heterocycles. The van der Waals surface area contributed by atoms with Gasteiger partial charge in [0.25, 0.3) is 0 Å². The van der Waals surface area contributed by atoms with Crippen LogP contribution in [0, 0.1) is 0 Å². The Hall–Kier alpha value is -0.650. The van der Waals surface area contributed by atoms with Crippen LogP contribution in [0.2, 0.25) is 0 Å². The van der Waals surface area contributed by atoms with Crippen LogP contribution < -0.4 is 11.1 Å². The zero-order chi connectivity index (χ0) is 12.7. The van der Waals surface area contributed by atoms with Gasteiger partial charge in [0.05, 0.1) is 6.10 Å². The molecule has 0 saturated heterocycles. The topological polar surface area (TPSA) is 73.6 Å². The van der Waals surface area contributed by atoms with Crippen molar-refractivity contribution in [2.24, 2.45) is 5.73 Å². The molecule has 0 aliphatic heterocycles. The van der Waals surface area contributed by atoms with E-state index in [-0.39, 0.29) is 18.1 Å². The summed E-state index contributed by atoms with van der Waals surface area (Å²) in [5.41, 5.74) is 5.80. The Balaban J connectivity index is 2.13. The molecule has 0 aromatic carbocycles. The van der Waals surface area contributed by atoms with E-state index >= 15 is 0 Å². The highest BCUT2D eigenvalue weighted by molar-refractivity contribution is 5.80. The minimum Gasteiger partial charge on any atom is -0.385 e. The highest BCUT2D eigenvalue weighted by atomic mass is 16.5. The molecule has 0 heterocycles. The molecule has 1 aliphatic carbocycles. The average molecular weight is 244 g/mol. The fourth-order valence-corrected chi connectivity index (χ4v) is 2.02. The SMILES string of the molecule is COCCCNC(=O)C(C)OC1CCC(N)C1. The van der Waals surface area contributed by atoms with Crippen molar-refractivity contribution in [2.45, 2.75) is 50.9 Å². The van der Waals surface area contributed by atoms with E-state index in [1.807, 2.05) is 0 Å². The lowest BCUT2D eigenvalue weighted by atomic mass is 10.2. The monoisotopic (exact) mass is 244 g/mol. The van der Waals surface area contributed by atoms with Gasteiger partial charge in [-0.3, -0.25) is 4.79 Å². The van der Waals surface area contributed by atoms with Crippen molar-refractivity contribution in [3.63, 3.8) is 0 Å². The molecule has 0 spiro atoms. The maximum atomic E-state index is 11.7. The van der Waals surface area contributed by atoms with Crippen LogP contribution in [-0.2, 0) is 14.3 Å². The summed E-state index contributed by atoms with van der Waals surface area (Å²) >= 11 is 0. The molecular formula is C12H24N2O3. The lowest BCUT2D eigenvalue weighted by Crippen LogP contribution is -2.37. The Morgan fingerprint density at radius 3 is 2.88 bits per heavy atom. The summed E-state index contributed by atoms with van der Waals surface area (Å²) in [5, 5.41) is 2.83. The Bertz CT molecular complexity index is 236. The number of rotatable bonds is 7. The number of nitrogens with two attached hydrogens (primary N) is 1. The highest BCUT2D eigenvalue weighted by Gasteiger charge is 2.26. The number of hydrogen-bond acceptors (Lipinski definition) is 4. The number of nitrogens with one attached hydrogen (secondary N) is 1. The molecule has 0 aromatic rings. The van der Waals surface area contributed by atoms with Gasteiger partial charge in [-0.15, -0.1) is 0 Å². The summed E-state index contributed by atoms with van der Waals surface area (Å²) in [6, 6.07) is 0.233.